The summed E-state index contributed by atoms with van der Waals surface area (Å²) in [5.74, 6) is -1.29. The third kappa shape index (κ3) is 3.81. The molecule has 2 aromatic rings. The smallest absolute Gasteiger partial charge is 0.292 e. The van der Waals surface area contributed by atoms with Gasteiger partial charge in [0.2, 0.25) is 0 Å². The minimum Gasteiger partial charge on any atom is -0.378 e. The van der Waals surface area contributed by atoms with Crippen molar-refractivity contribution in [1.29, 1.82) is 0 Å². The molecule has 122 valence electrons. The molecule has 0 saturated carbocycles. The zero-order valence-corrected chi connectivity index (χ0v) is 12.8. The summed E-state index contributed by atoms with van der Waals surface area (Å²) in [6, 6.07) is 9.22. The molecule has 0 bridgehead atoms. The van der Waals surface area contributed by atoms with Crippen LogP contribution in [0, 0.1) is 21.7 Å². The van der Waals surface area contributed by atoms with Crippen LogP contribution in [0.3, 0.4) is 0 Å². The zero-order chi connectivity index (χ0) is 17.0. The number of nitro groups is 1. The van der Waals surface area contributed by atoms with Crippen LogP contribution < -0.4 is 5.32 Å². The molecule has 0 aromatic heterocycles. The van der Waals surface area contributed by atoms with Crippen molar-refractivity contribution in [2.75, 3.05) is 26.0 Å². The Morgan fingerprint density at radius 2 is 1.74 bits per heavy atom. The van der Waals surface area contributed by atoms with Crippen LogP contribution >= 0.6 is 0 Å². The fraction of sp³-hybridized carbons (Fsp3) is 0.250. The molecule has 1 atom stereocenters. The van der Waals surface area contributed by atoms with Crippen LogP contribution in [0.5, 0.6) is 0 Å². The van der Waals surface area contributed by atoms with Crippen LogP contribution in [0.4, 0.5) is 20.2 Å². The standard InChI is InChI=1S/C16H17F2N3O2/c1-20(2)15(16-11(17)6-5-7-12(16)18)10-19-13-8-3-4-9-14(13)21(22)23/h3-9,15,19H,10H2,1-2H3. The molecule has 0 fully saturated rings. The van der Waals surface area contributed by atoms with Gasteiger partial charge in [0.05, 0.1) is 11.0 Å². The van der Waals surface area contributed by atoms with Crippen molar-refractivity contribution in [1.82, 2.24) is 4.90 Å². The maximum absolute atomic E-state index is 14.0. The zero-order valence-electron chi connectivity index (χ0n) is 12.8. The van der Waals surface area contributed by atoms with Crippen LogP contribution in [-0.2, 0) is 0 Å². The molecule has 1 unspecified atom stereocenters. The first-order valence-corrected chi connectivity index (χ1v) is 6.99. The molecule has 1 N–H and O–H groups in total. The van der Waals surface area contributed by atoms with E-state index in [0.717, 1.165) is 0 Å². The molecule has 0 saturated heterocycles. The summed E-state index contributed by atoms with van der Waals surface area (Å²) in [7, 11) is 3.38. The molecule has 23 heavy (non-hydrogen) atoms. The van der Waals surface area contributed by atoms with Crippen LogP contribution in [0.25, 0.3) is 0 Å². The summed E-state index contributed by atoms with van der Waals surface area (Å²) in [5, 5.41) is 13.9. The van der Waals surface area contributed by atoms with Crippen LogP contribution in [0.2, 0.25) is 0 Å². The normalized spacial score (nSPS) is 12.2. The Morgan fingerprint density at radius 1 is 1.13 bits per heavy atom. The summed E-state index contributed by atoms with van der Waals surface area (Å²) in [6.45, 7) is 0.121. The summed E-state index contributed by atoms with van der Waals surface area (Å²) in [5.41, 5.74) is 0.156. The Bertz CT molecular complexity index is 687. The number of benzene rings is 2. The van der Waals surface area contributed by atoms with E-state index < -0.39 is 22.6 Å². The van der Waals surface area contributed by atoms with Crippen molar-refractivity contribution in [3.05, 3.63) is 69.8 Å². The number of hydrogen-bond acceptors (Lipinski definition) is 4. The number of nitrogens with zero attached hydrogens (tertiary/aromatic N) is 2. The number of anilines is 1. The Labute approximate surface area is 132 Å². The third-order valence-corrected chi connectivity index (χ3v) is 3.54. The lowest BCUT2D eigenvalue weighted by Gasteiger charge is -2.26. The van der Waals surface area contributed by atoms with E-state index in [1.165, 1.54) is 24.3 Å². The van der Waals surface area contributed by atoms with Crippen LogP contribution in [0.1, 0.15) is 11.6 Å². The fourth-order valence-electron chi connectivity index (χ4n) is 2.36. The van der Waals surface area contributed by atoms with Crippen molar-refractivity contribution in [2.45, 2.75) is 6.04 Å². The van der Waals surface area contributed by atoms with Gasteiger partial charge in [0.15, 0.2) is 0 Å². The third-order valence-electron chi connectivity index (χ3n) is 3.54. The Kier molecular flexibility index (Phi) is 5.23. The predicted molar refractivity (Wildman–Crippen MR) is 84.4 cm³/mol. The SMILES string of the molecule is CN(C)C(CNc1ccccc1[N+](=O)[O-])c1c(F)cccc1F. The average Bonchev–Trinajstić information content (AvgIpc) is 2.50. The molecule has 0 aliphatic carbocycles. The van der Waals surface area contributed by atoms with E-state index in [-0.39, 0.29) is 17.8 Å². The van der Waals surface area contributed by atoms with Crippen molar-refractivity contribution >= 4 is 11.4 Å². The minimum absolute atomic E-state index is 0.0661. The lowest BCUT2D eigenvalue weighted by Crippen LogP contribution is -2.28. The lowest BCUT2D eigenvalue weighted by atomic mass is 10.0. The van der Waals surface area contributed by atoms with Gasteiger partial charge in [-0.2, -0.15) is 0 Å². The van der Waals surface area contributed by atoms with Gasteiger partial charge in [-0.15, -0.1) is 0 Å². The predicted octanol–water partition coefficient (Wildman–Crippen LogP) is 3.59. The van der Waals surface area contributed by atoms with Crippen molar-refractivity contribution in [2.24, 2.45) is 0 Å². The van der Waals surface area contributed by atoms with E-state index in [1.807, 2.05) is 0 Å². The highest BCUT2D eigenvalue weighted by molar-refractivity contribution is 5.61. The first-order chi connectivity index (χ1) is 10.9. The molecular formula is C16H17F2N3O2. The molecule has 0 aliphatic rings. The van der Waals surface area contributed by atoms with E-state index in [9.17, 15) is 18.9 Å². The first kappa shape index (κ1) is 16.8. The second-order valence-electron chi connectivity index (χ2n) is 5.27. The van der Waals surface area contributed by atoms with Gasteiger partial charge >= 0.3 is 0 Å². The summed E-state index contributed by atoms with van der Waals surface area (Å²) in [6.07, 6.45) is 0. The number of halogens is 2. The molecule has 0 amide bonds. The molecule has 0 spiro atoms. The Balaban J connectivity index is 2.27. The van der Waals surface area contributed by atoms with Gasteiger partial charge in [-0.05, 0) is 32.3 Å². The average molecular weight is 321 g/mol. The largest absolute Gasteiger partial charge is 0.378 e. The van der Waals surface area contributed by atoms with Gasteiger partial charge in [0.1, 0.15) is 17.3 Å². The lowest BCUT2D eigenvalue weighted by molar-refractivity contribution is -0.384. The molecule has 0 aliphatic heterocycles. The molecule has 2 rings (SSSR count). The second kappa shape index (κ2) is 7.15. The van der Waals surface area contributed by atoms with Gasteiger partial charge in [0.25, 0.3) is 5.69 Å². The van der Waals surface area contributed by atoms with Crippen molar-refractivity contribution in [3.8, 4) is 0 Å². The van der Waals surface area contributed by atoms with E-state index in [2.05, 4.69) is 5.32 Å². The highest BCUT2D eigenvalue weighted by atomic mass is 19.1. The molecule has 0 heterocycles. The highest BCUT2D eigenvalue weighted by Gasteiger charge is 2.23. The van der Waals surface area contributed by atoms with Gasteiger partial charge in [-0.25, -0.2) is 8.78 Å². The van der Waals surface area contributed by atoms with Gasteiger partial charge in [0, 0.05) is 18.2 Å². The monoisotopic (exact) mass is 321 g/mol. The van der Waals surface area contributed by atoms with Gasteiger partial charge in [-0.3, -0.25) is 10.1 Å². The summed E-state index contributed by atoms with van der Waals surface area (Å²) >= 11 is 0. The number of para-hydroxylation sites is 2. The summed E-state index contributed by atoms with van der Waals surface area (Å²) < 4.78 is 28.0. The number of nitrogens with one attached hydrogen (secondary N) is 1. The maximum Gasteiger partial charge on any atom is 0.292 e. The van der Waals surface area contributed by atoms with Crippen molar-refractivity contribution < 1.29 is 13.7 Å². The highest BCUT2D eigenvalue weighted by Crippen LogP contribution is 2.28. The van der Waals surface area contributed by atoms with Gasteiger partial charge in [-0.1, -0.05) is 18.2 Å². The van der Waals surface area contributed by atoms with E-state index in [4.69, 9.17) is 0 Å². The molecule has 2 aromatic carbocycles. The number of hydrogen-bond donors (Lipinski definition) is 1. The fourth-order valence-corrected chi connectivity index (χ4v) is 2.36. The quantitative estimate of drug-likeness (QED) is 0.652. The molecule has 5 nitrogen and oxygen atoms in total. The summed E-state index contributed by atoms with van der Waals surface area (Å²) in [4.78, 5) is 12.2. The molecule has 7 heteroatoms. The van der Waals surface area contributed by atoms with Crippen LogP contribution in [-0.4, -0.2) is 30.5 Å². The number of rotatable bonds is 6. The van der Waals surface area contributed by atoms with E-state index in [1.54, 1.807) is 37.2 Å². The number of likely N-dealkylation sites (N-methyl/N-ethyl adjacent to an activating group) is 1. The second-order valence-corrected chi connectivity index (χ2v) is 5.27. The topological polar surface area (TPSA) is 58.4 Å². The first-order valence-electron chi connectivity index (χ1n) is 6.99. The maximum atomic E-state index is 14.0. The van der Waals surface area contributed by atoms with Crippen LogP contribution in [0.15, 0.2) is 42.5 Å². The van der Waals surface area contributed by atoms with Crippen molar-refractivity contribution in [3.63, 3.8) is 0 Å². The minimum atomic E-state index is -0.645. The van der Waals surface area contributed by atoms with E-state index in [0.29, 0.717) is 5.69 Å². The Morgan fingerprint density at radius 3 is 2.30 bits per heavy atom. The Hall–Kier alpha value is -2.54. The number of nitro benzene ring substituents is 1. The molecule has 0 radical (unpaired) electrons. The molecular weight excluding hydrogens is 304 g/mol. The van der Waals surface area contributed by atoms with Gasteiger partial charge < -0.3 is 10.2 Å². The van der Waals surface area contributed by atoms with E-state index >= 15 is 0 Å².